The molecule has 4 N–H and O–H groups in total. The third-order valence-electron chi connectivity index (χ3n) is 1.47. The van der Waals surface area contributed by atoms with E-state index in [2.05, 4.69) is 27.7 Å². The zero-order valence-electron chi connectivity index (χ0n) is 6.63. The summed E-state index contributed by atoms with van der Waals surface area (Å²) in [5.41, 5.74) is 5.32. The second-order valence-electron chi connectivity index (χ2n) is 2.37. The molecule has 1 fully saturated rings. The molecular formula is C5H10N2O2S4. The lowest BCUT2D eigenvalue weighted by atomic mass is 10.2. The normalized spacial score (nSPS) is 25.5. The first-order chi connectivity index (χ1) is 6.15. The van der Waals surface area contributed by atoms with Crippen LogP contribution in [0.5, 0.6) is 0 Å². The molecule has 0 bridgehead atoms. The van der Waals surface area contributed by atoms with Crippen molar-refractivity contribution in [3.8, 4) is 0 Å². The van der Waals surface area contributed by atoms with Crippen molar-refractivity contribution >= 4 is 46.0 Å². The van der Waals surface area contributed by atoms with Gasteiger partial charge in [-0.2, -0.15) is 0 Å². The van der Waals surface area contributed by atoms with E-state index in [1.807, 2.05) is 0 Å². The van der Waals surface area contributed by atoms with Crippen molar-refractivity contribution < 1.29 is 9.90 Å². The number of aliphatic hydroxyl groups excluding tert-OH is 1. The molecule has 0 aromatic heterocycles. The topological polar surface area (TPSA) is 75.3 Å². The van der Waals surface area contributed by atoms with Gasteiger partial charge in [-0.3, -0.25) is 4.79 Å². The maximum absolute atomic E-state index is 10.6. The molecule has 1 rings (SSSR count). The lowest BCUT2D eigenvalue weighted by Crippen LogP contribution is -2.32. The Bertz CT molecular complexity index is 239. The fraction of sp³-hybridized carbons (Fsp3) is 0.800. The minimum absolute atomic E-state index is 0.0144. The van der Waals surface area contributed by atoms with Crippen molar-refractivity contribution in [2.45, 2.75) is 18.5 Å². The zero-order chi connectivity index (χ0) is 10.3. The van der Waals surface area contributed by atoms with Gasteiger partial charge in [-0.25, -0.2) is 0 Å². The number of amides is 1. The summed E-state index contributed by atoms with van der Waals surface area (Å²) in [6.07, 6.45) is 0.551. The summed E-state index contributed by atoms with van der Waals surface area (Å²) in [5, 5.41) is 11.1. The fourth-order valence-electron chi connectivity index (χ4n) is 0.901. The van der Waals surface area contributed by atoms with Gasteiger partial charge < -0.3 is 16.2 Å². The van der Waals surface area contributed by atoms with Crippen molar-refractivity contribution in [1.82, 2.24) is 5.32 Å². The Labute approximate surface area is 92.0 Å². The molecular weight excluding hydrogens is 248 g/mol. The van der Waals surface area contributed by atoms with Gasteiger partial charge in [0.05, 0.1) is 18.7 Å². The maximum Gasteiger partial charge on any atom is 0.237 e. The van der Waals surface area contributed by atoms with Crippen molar-refractivity contribution in [3.05, 3.63) is 0 Å². The molecule has 0 aromatic rings. The number of rotatable bonds is 1. The molecule has 0 saturated carbocycles. The first-order valence-corrected chi connectivity index (χ1v) is 7.41. The average molecular weight is 258 g/mol. The van der Waals surface area contributed by atoms with E-state index in [0.717, 1.165) is 0 Å². The Kier molecular flexibility index (Phi) is 7.81. The fourth-order valence-corrected chi connectivity index (χ4v) is 0.901. The predicted octanol–water partition coefficient (Wildman–Crippen LogP) is -1.82. The third kappa shape index (κ3) is 5.55. The van der Waals surface area contributed by atoms with E-state index in [1.165, 1.54) is 17.8 Å². The second kappa shape index (κ2) is 7.65. The average Bonchev–Trinajstić information content (AvgIpc) is 2.47. The van der Waals surface area contributed by atoms with E-state index in [9.17, 15) is 4.79 Å². The number of nitrogens with one attached hydrogen (secondary N) is 1. The molecule has 76 valence electrons. The molecule has 1 heterocycles. The minimum Gasteiger partial charge on any atom is -0.394 e. The van der Waals surface area contributed by atoms with E-state index >= 15 is 0 Å². The maximum atomic E-state index is 10.6. The Balaban J connectivity index is 0.000000310. The highest BCUT2D eigenvalue weighted by Gasteiger charge is 2.27. The van der Waals surface area contributed by atoms with Crippen LogP contribution in [0.15, 0.2) is 0 Å². The smallest absolute Gasteiger partial charge is 0.237 e. The van der Waals surface area contributed by atoms with E-state index in [-0.39, 0.29) is 18.6 Å². The molecule has 2 atom stereocenters. The largest absolute Gasteiger partial charge is 0.394 e. The Morgan fingerprint density at radius 2 is 2.15 bits per heavy atom. The molecule has 0 aliphatic carbocycles. The van der Waals surface area contributed by atoms with Crippen LogP contribution in [0.2, 0.25) is 0 Å². The van der Waals surface area contributed by atoms with Crippen LogP contribution in [-0.2, 0) is 44.9 Å². The van der Waals surface area contributed by atoms with Crippen LogP contribution >= 0.6 is 0 Å². The second-order valence-corrected chi connectivity index (χ2v) is 5.90. The molecule has 0 unspecified atom stereocenters. The molecule has 0 spiro atoms. The first-order valence-electron chi connectivity index (χ1n) is 3.41. The molecule has 4 nitrogen and oxygen atoms in total. The number of hydrogen-bond acceptors (Lipinski definition) is 5. The van der Waals surface area contributed by atoms with Crippen LogP contribution in [0.25, 0.3) is 0 Å². The Morgan fingerprint density at radius 1 is 1.62 bits per heavy atom. The van der Waals surface area contributed by atoms with Gasteiger partial charge in [0.2, 0.25) is 5.91 Å². The van der Waals surface area contributed by atoms with Gasteiger partial charge in [-0.05, 0) is 6.42 Å². The van der Waals surface area contributed by atoms with Crippen LogP contribution in [0, 0.1) is 0 Å². The predicted molar refractivity (Wildman–Crippen MR) is 61.1 cm³/mol. The van der Waals surface area contributed by atoms with Crippen LogP contribution in [0.1, 0.15) is 6.42 Å². The van der Waals surface area contributed by atoms with Gasteiger partial charge in [-0.15, -0.1) is 0 Å². The molecule has 0 radical (unpaired) electrons. The van der Waals surface area contributed by atoms with Crippen molar-refractivity contribution in [3.63, 3.8) is 0 Å². The van der Waals surface area contributed by atoms with E-state index < -0.39 is 6.04 Å². The Hall–Kier alpha value is 0.270. The van der Waals surface area contributed by atoms with Crippen LogP contribution in [-0.4, -0.2) is 29.7 Å². The standard InChI is InChI=1S/C5H10N2O2.S4/c6-4-1-3(2-8)7-5(4)9;1-3-4-2/h3-4,8H,1-2,6H2,(H,7,9);/t3-,4-;/m0./s1. The van der Waals surface area contributed by atoms with E-state index in [0.29, 0.717) is 6.42 Å². The monoisotopic (exact) mass is 258 g/mol. The van der Waals surface area contributed by atoms with Crippen molar-refractivity contribution in [2.75, 3.05) is 6.61 Å². The molecule has 8 heteroatoms. The lowest BCUT2D eigenvalue weighted by molar-refractivity contribution is -0.120. The van der Waals surface area contributed by atoms with Gasteiger partial charge >= 0.3 is 0 Å². The molecule has 1 aliphatic heterocycles. The van der Waals surface area contributed by atoms with E-state index in [1.54, 1.807) is 0 Å². The summed E-state index contributed by atoms with van der Waals surface area (Å²) in [7, 11) is 2.34. The summed E-state index contributed by atoms with van der Waals surface area (Å²) in [6, 6.07) is -0.533. The summed E-state index contributed by atoms with van der Waals surface area (Å²) in [6.45, 7) is -0.0144. The van der Waals surface area contributed by atoms with Crippen LogP contribution in [0.4, 0.5) is 0 Å². The van der Waals surface area contributed by atoms with Crippen LogP contribution < -0.4 is 11.1 Å². The molecule has 1 amide bonds. The number of carbonyl (C=O) groups excluding carboxylic acids is 1. The highest BCUT2D eigenvalue weighted by atomic mass is 33.2. The first kappa shape index (κ1) is 13.3. The van der Waals surface area contributed by atoms with E-state index in [4.69, 9.17) is 10.8 Å². The Morgan fingerprint density at radius 3 is 2.31 bits per heavy atom. The number of carbonyl (C=O) groups is 1. The number of nitrogens with two attached hydrogens (primary N) is 1. The van der Waals surface area contributed by atoms with Gasteiger partial charge in [0.15, 0.2) is 0 Å². The molecule has 0 aromatic carbocycles. The van der Waals surface area contributed by atoms with Crippen molar-refractivity contribution in [2.24, 2.45) is 5.73 Å². The molecule has 1 aliphatic rings. The SMILES string of the molecule is N[C@H]1C[C@@H](CO)NC1=O.S=S=S=S. The quantitative estimate of drug-likeness (QED) is 0.517. The van der Waals surface area contributed by atoms with Crippen LogP contribution in [0.3, 0.4) is 0 Å². The molecule has 1 saturated heterocycles. The van der Waals surface area contributed by atoms with Gasteiger partial charge in [-0.1, -0.05) is 0 Å². The summed E-state index contributed by atoms with van der Waals surface area (Å²) < 4.78 is 0. The summed E-state index contributed by atoms with van der Waals surface area (Å²) in [4.78, 5) is 10.6. The lowest BCUT2D eigenvalue weighted by Gasteiger charge is -2.01. The highest BCUT2D eigenvalue weighted by Crippen LogP contribution is 2.03. The summed E-state index contributed by atoms with van der Waals surface area (Å²) in [5.74, 6) is -0.158. The minimum atomic E-state index is -0.415. The van der Waals surface area contributed by atoms with Gasteiger partial charge in [0, 0.05) is 40.1 Å². The number of hydrogen-bond donors (Lipinski definition) is 3. The zero-order valence-corrected chi connectivity index (χ0v) is 9.90. The highest BCUT2D eigenvalue weighted by molar-refractivity contribution is 8.51. The molecule has 13 heavy (non-hydrogen) atoms. The summed E-state index contributed by atoms with van der Waals surface area (Å²) >= 11 is 8.66. The third-order valence-corrected chi connectivity index (χ3v) is 3.69. The van der Waals surface area contributed by atoms with Gasteiger partial charge in [0.25, 0.3) is 0 Å². The van der Waals surface area contributed by atoms with Crippen molar-refractivity contribution in [1.29, 1.82) is 0 Å². The number of aliphatic hydroxyl groups is 1. The van der Waals surface area contributed by atoms with Gasteiger partial charge in [0.1, 0.15) is 0 Å².